The molecule has 0 spiro atoms. The van der Waals surface area contributed by atoms with E-state index in [2.05, 4.69) is 28.9 Å². The summed E-state index contributed by atoms with van der Waals surface area (Å²) in [6.07, 6.45) is 0. The van der Waals surface area contributed by atoms with E-state index in [1.165, 1.54) is 11.3 Å². The number of H-pyrrole nitrogens is 1. The highest BCUT2D eigenvalue weighted by molar-refractivity contribution is 7.73. The highest BCUT2D eigenvalue weighted by atomic mass is 32.1. The molecule has 1 N–H and O–H groups in total. The van der Waals surface area contributed by atoms with Crippen LogP contribution in [0.3, 0.4) is 0 Å². The summed E-state index contributed by atoms with van der Waals surface area (Å²) in [5.74, 6) is 0. The number of hydrogen-bond acceptors (Lipinski definition) is 4. The molecule has 0 aliphatic carbocycles. The van der Waals surface area contributed by atoms with Gasteiger partial charge in [0.1, 0.15) is 0 Å². The minimum Gasteiger partial charge on any atom is -0.347 e. The van der Waals surface area contributed by atoms with Crippen LogP contribution in [-0.2, 0) is 0 Å². The van der Waals surface area contributed by atoms with E-state index in [-0.39, 0.29) is 0 Å². The molecule has 62 valence electrons. The maximum atomic E-state index is 4.92. The van der Waals surface area contributed by atoms with E-state index >= 15 is 0 Å². The summed E-state index contributed by atoms with van der Waals surface area (Å²) in [7, 11) is 0. The Hall–Kier alpha value is -0.420. The van der Waals surface area contributed by atoms with Crippen LogP contribution in [0.2, 0.25) is 0 Å². The predicted octanol–water partition coefficient (Wildman–Crippen LogP) is 2.05. The fraction of sp³-hybridized carbons (Fsp3) is 0.667. The lowest BCUT2D eigenvalue weighted by atomic mass is 10.6. The van der Waals surface area contributed by atoms with Crippen molar-refractivity contribution >= 4 is 28.7 Å². The van der Waals surface area contributed by atoms with E-state index in [0.29, 0.717) is 0 Å². The van der Waals surface area contributed by atoms with Gasteiger partial charge in [0.25, 0.3) is 0 Å². The molecule has 0 fully saturated rings. The molecule has 0 atom stereocenters. The van der Waals surface area contributed by atoms with Gasteiger partial charge in [0, 0.05) is 13.1 Å². The Labute approximate surface area is 75.1 Å². The van der Waals surface area contributed by atoms with Crippen LogP contribution in [0.15, 0.2) is 0 Å². The smallest absolute Gasteiger partial charge is 0.206 e. The lowest BCUT2D eigenvalue weighted by molar-refractivity contribution is 0.845. The summed E-state index contributed by atoms with van der Waals surface area (Å²) in [6.45, 7) is 6.17. The van der Waals surface area contributed by atoms with Gasteiger partial charge in [-0.2, -0.15) is 0 Å². The molecule has 0 unspecified atom stereocenters. The third kappa shape index (κ3) is 2.00. The largest absolute Gasteiger partial charge is 0.347 e. The summed E-state index contributed by atoms with van der Waals surface area (Å²) in [5.41, 5.74) is 0. The second kappa shape index (κ2) is 3.82. The summed E-state index contributed by atoms with van der Waals surface area (Å²) >= 11 is 6.44. The average Bonchev–Trinajstić information content (AvgIpc) is 2.39. The molecule has 0 aromatic carbocycles. The van der Waals surface area contributed by atoms with Crippen LogP contribution in [0, 0.1) is 3.95 Å². The maximum Gasteiger partial charge on any atom is 0.206 e. The standard InChI is InChI=1S/C6H11N3S2/c1-3-9(4-2)5-7-8-6(10)11-5/h3-4H2,1-2H3,(H,8,10). The second-order valence-electron chi connectivity index (χ2n) is 2.07. The molecule has 1 heterocycles. The van der Waals surface area contributed by atoms with Gasteiger partial charge < -0.3 is 4.90 Å². The van der Waals surface area contributed by atoms with Crippen LogP contribution in [0.5, 0.6) is 0 Å². The van der Waals surface area contributed by atoms with Crippen molar-refractivity contribution in [1.29, 1.82) is 0 Å². The van der Waals surface area contributed by atoms with Crippen molar-refractivity contribution in [3.63, 3.8) is 0 Å². The molecule has 1 rings (SSSR count). The lowest BCUT2D eigenvalue weighted by Gasteiger charge is -2.15. The zero-order valence-electron chi connectivity index (χ0n) is 6.63. The highest BCUT2D eigenvalue weighted by Crippen LogP contribution is 2.15. The van der Waals surface area contributed by atoms with Gasteiger partial charge in [0.15, 0.2) is 3.95 Å². The van der Waals surface area contributed by atoms with Gasteiger partial charge >= 0.3 is 0 Å². The number of nitrogens with one attached hydrogen (secondary N) is 1. The fourth-order valence-electron chi connectivity index (χ4n) is 0.851. The van der Waals surface area contributed by atoms with Crippen molar-refractivity contribution in [2.24, 2.45) is 0 Å². The SMILES string of the molecule is CCN(CC)c1n[nH]c(=S)s1. The fourth-order valence-corrected chi connectivity index (χ4v) is 1.86. The quantitative estimate of drug-likeness (QED) is 0.738. The zero-order chi connectivity index (χ0) is 8.27. The van der Waals surface area contributed by atoms with Gasteiger partial charge in [-0.1, -0.05) is 11.3 Å². The molecule has 11 heavy (non-hydrogen) atoms. The number of rotatable bonds is 3. The Balaban J connectivity index is 2.81. The molecule has 0 bridgehead atoms. The molecule has 1 aromatic rings. The number of anilines is 1. The number of hydrogen-bond donors (Lipinski definition) is 1. The van der Waals surface area contributed by atoms with Gasteiger partial charge in [0.2, 0.25) is 5.13 Å². The molecule has 0 radical (unpaired) electrons. The highest BCUT2D eigenvalue weighted by Gasteiger charge is 2.03. The third-order valence-electron chi connectivity index (χ3n) is 1.46. The lowest BCUT2D eigenvalue weighted by Crippen LogP contribution is -2.21. The second-order valence-corrected chi connectivity index (χ2v) is 3.71. The van der Waals surface area contributed by atoms with Crippen LogP contribution in [0.1, 0.15) is 13.8 Å². The monoisotopic (exact) mass is 189 g/mol. The van der Waals surface area contributed by atoms with Crippen LogP contribution >= 0.6 is 23.6 Å². The minimum absolute atomic E-state index is 0.743. The van der Waals surface area contributed by atoms with Crippen molar-refractivity contribution in [2.75, 3.05) is 18.0 Å². The summed E-state index contributed by atoms with van der Waals surface area (Å²) in [4.78, 5) is 2.16. The van der Waals surface area contributed by atoms with Crippen LogP contribution in [0.4, 0.5) is 5.13 Å². The molecule has 3 nitrogen and oxygen atoms in total. The molecular weight excluding hydrogens is 178 g/mol. The first-order valence-corrected chi connectivity index (χ1v) is 4.80. The first-order chi connectivity index (χ1) is 5.27. The Bertz CT molecular complexity index is 261. The van der Waals surface area contributed by atoms with Crippen molar-refractivity contribution < 1.29 is 0 Å². The maximum absolute atomic E-state index is 4.92. The first kappa shape index (κ1) is 8.67. The molecule has 0 aliphatic rings. The van der Waals surface area contributed by atoms with E-state index < -0.39 is 0 Å². The van der Waals surface area contributed by atoms with Gasteiger partial charge in [0.05, 0.1) is 0 Å². The average molecular weight is 189 g/mol. The molecule has 0 saturated heterocycles. The van der Waals surface area contributed by atoms with E-state index in [4.69, 9.17) is 12.2 Å². The minimum atomic E-state index is 0.743. The van der Waals surface area contributed by atoms with Crippen molar-refractivity contribution in [3.05, 3.63) is 3.95 Å². The number of aromatic amines is 1. The van der Waals surface area contributed by atoms with Crippen LogP contribution in [0.25, 0.3) is 0 Å². The Morgan fingerprint density at radius 1 is 1.55 bits per heavy atom. The molecule has 1 aromatic heterocycles. The van der Waals surface area contributed by atoms with Crippen LogP contribution in [-0.4, -0.2) is 23.3 Å². The number of aromatic nitrogens is 2. The summed E-state index contributed by atoms with van der Waals surface area (Å²) < 4.78 is 0.743. The molecule has 0 saturated carbocycles. The van der Waals surface area contributed by atoms with Crippen LogP contribution < -0.4 is 4.90 Å². The van der Waals surface area contributed by atoms with E-state index in [1.807, 2.05) is 0 Å². The van der Waals surface area contributed by atoms with E-state index in [9.17, 15) is 0 Å². The van der Waals surface area contributed by atoms with Gasteiger partial charge in [-0.15, -0.1) is 5.10 Å². The van der Waals surface area contributed by atoms with E-state index in [1.54, 1.807) is 0 Å². The first-order valence-electron chi connectivity index (χ1n) is 3.58. The zero-order valence-corrected chi connectivity index (χ0v) is 8.26. The van der Waals surface area contributed by atoms with E-state index in [0.717, 1.165) is 22.2 Å². The normalized spacial score (nSPS) is 10.0. The number of nitrogens with zero attached hydrogens (tertiary/aromatic N) is 2. The van der Waals surface area contributed by atoms with Crippen molar-refractivity contribution in [2.45, 2.75) is 13.8 Å². The van der Waals surface area contributed by atoms with Crippen molar-refractivity contribution in [1.82, 2.24) is 10.2 Å². The van der Waals surface area contributed by atoms with Gasteiger partial charge in [-0.3, -0.25) is 5.10 Å². The van der Waals surface area contributed by atoms with Gasteiger partial charge in [-0.05, 0) is 26.1 Å². The summed E-state index contributed by atoms with van der Waals surface area (Å²) in [5, 5.41) is 7.82. The summed E-state index contributed by atoms with van der Waals surface area (Å²) in [6, 6.07) is 0. The van der Waals surface area contributed by atoms with Gasteiger partial charge in [-0.25, -0.2) is 0 Å². The Kier molecular flexibility index (Phi) is 3.02. The predicted molar refractivity (Wildman–Crippen MR) is 50.9 cm³/mol. The molecular formula is C6H11N3S2. The Morgan fingerprint density at radius 3 is 2.55 bits per heavy atom. The molecule has 5 heteroatoms. The molecule has 0 aliphatic heterocycles. The van der Waals surface area contributed by atoms with Crippen molar-refractivity contribution in [3.8, 4) is 0 Å². The Morgan fingerprint density at radius 2 is 2.18 bits per heavy atom. The third-order valence-corrected chi connectivity index (χ3v) is 2.61. The topological polar surface area (TPSA) is 31.9 Å². The molecule has 0 amide bonds.